The highest BCUT2D eigenvalue weighted by molar-refractivity contribution is 14.1. The second-order valence-corrected chi connectivity index (χ2v) is 7.33. The van der Waals surface area contributed by atoms with Crippen LogP contribution in [0.3, 0.4) is 0 Å². The van der Waals surface area contributed by atoms with Crippen LogP contribution in [0.25, 0.3) is 0 Å². The van der Waals surface area contributed by atoms with Gasteiger partial charge >= 0.3 is 0 Å². The average molecular weight is 388 g/mol. The van der Waals surface area contributed by atoms with Crippen molar-refractivity contribution in [2.45, 2.75) is 26.0 Å². The summed E-state index contributed by atoms with van der Waals surface area (Å²) in [4.78, 5) is 4.28. The van der Waals surface area contributed by atoms with Crippen LogP contribution < -0.4 is 10.1 Å². The van der Waals surface area contributed by atoms with Gasteiger partial charge in [-0.25, -0.2) is 0 Å². The average Bonchev–Trinajstić information content (AvgIpc) is 2.76. The van der Waals surface area contributed by atoms with Gasteiger partial charge in [-0.3, -0.25) is 4.98 Å². The summed E-state index contributed by atoms with van der Waals surface area (Å²) in [5, 5.41) is 5.52. The number of halogens is 1. The zero-order valence-electron chi connectivity index (χ0n) is 11.2. The molecule has 19 heavy (non-hydrogen) atoms. The van der Waals surface area contributed by atoms with E-state index >= 15 is 0 Å². The lowest BCUT2D eigenvalue weighted by Crippen LogP contribution is -2.17. The van der Waals surface area contributed by atoms with Gasteiger partial charge in [-0.1, -0.05) is 0 Å². The highest BCUT2D eigenvalue weighted by Gasteiger charge is 2.15. The Bertz CT molecular complexity index is 542. The van der Waals surface area contributed by atoms with E-state index in [1.807, 2.05) is 27.1 Å². The topological polar surface area (TPSA) is 34.2 Å². The minimum Gasteiger partial charge on any atom is -0.489 e. The van der Waals surface area contributed by atoms with Crippen LogP contribution in [-0.2, 0) is 0 Å². The number of ether oxygens (including phenoxy) is 1. The lowest BCUT2D eigenvalue weighted by Gasteiger charge is -2.17. The molecule has 0 aliphatic heterocycles. The van der Waals surface area contributed by atoms with Crippen molar-refractivity contribution in [1.82, 2.24) is 10.3 Å². The Morgan fingerprint density at radius 3 is 2.63 bits per heavy atom. The summed E-state index contributed by atoms with van der Waals surface area (Å²) in [6.45, 7) is 4.03. The van der Waals surface area contributed by atoms with Gasteiger partial charge < -0.3 is 10.1 Å². The minimum absolute atomic E-state index is 0.156. The van der Waals surface area contributed by atoms with E-state index in [1.54, 1.807) is 17.5 Å². The molecule has 1 unspecified atom stereocenters. The van der Waals surface area contributed by atoms with E-state index in [2.05, 4.69) is 50.4 Å². The maximum absolute atomic E-state index is 5.70. The maximum atomic E-state index is 5.70. The van der Waals surface area contributed by atoms with Gasteiger partial charge in [0.25, 0.3) is 0 Å². The first kappa shape index (κ1) is 14.7. The van der Waals surface area contributed by atoms with Gasteiger partial charge in [-0.15, -0.1) is 11.3 Å². The monoisotopic (exact) mass is 388 g/mol. The van der Waals surface area contributed by atoms with Crippen LogP contribution in [0.2, 0.25) is 0 Å². The molecule has 102 valence electrons. The van der Waals surface area contributed by atoms with Crippen molar-refractivity contribution in [3.63, 3.8) is 0 Å². The van der Waals surface area contributed by atoms with Gasteiger partial charge in [0.15, 0.2) is 0 Å². The number of thiophene rings is 1. The molecule has 0 aliphatic carbocycles. The minimum atomic E-state index is 0.156. The van der Waals surface area contributed by atoms with Crippen molar-refractivity contribution in [1.29, 1.82) is 0 Å². The van der Waals surface area contributed by atoms with Crippen molar-refractivity contribution in [3.05, 3.63) is 43.9 Å². The van der Waals surface area contributed by atoms with E-state index in [0.29, 0.717) is 0 Å². The number of hydrogen-bond donors (Lipinski definition) is 1. The first-order chi connectivity index (χ1) is 9.10. The number of rotatable bonds is 5. The molecule has 2 aromatic rings. The lowest BCUT2D eigenvalue weighted by molar-refractivity contribution is 0.241. The van der Waals surface area contributed by atoms with Crippen LogP contribution in [-0.4, -0.2) is 18.1 Å². The summed E-state index contributed by atoms with van der Waals surface area (Å²) in [6, 6.07) is 4.41. The molecule has 0 radical (unpaired) electrons. The normalized spacial score (nSPS) is 12.7. The molecule has 1 N–H and O–H groups in total. The van der Waals surface area contributed by atoms with Crippen LogP contribution >= 0.6 is 33.9 Å². The zero-order valence-corrected chi connectivity index (χ0v) is 14.2. The summed E-state index contributed by atoms with van der Waals surface area (Å²) in [5.74, 6) is 0.817. The van der Waals surface area contributed by atoms with E-state index in [0.717, 1.165) is 11.3 Å². The zero-order chi connectivity index (χ0) is 13.8. The molecule has 0 saturated heterocycles. The smallest absolute Gasteiger partial charge is 0.138 e. The number of aromatic nitrogens is 1. The molecular formula is C14H17IN2OS. The van der Waals surface area contributed by atoms with Gasteiger partial charge in [0, 0.05) is 6.20 Å². The Morgan fingerprint density at radius 2 is 2.05 bits per heavy atom. The highest BCUT2D eigenvalue weighted by atomic mass is 127. The Kier molecular flexibility index (Phi) is 5.18. The van der Waals surface area contributed by atoms with E-state index < -0.39 is 0 Å². The standard InChI is InChI=1S/C14H17IN2OS/c1-9(2)18-12-4-10(6-17-7-12)14(16-3)11-5-13(15)19-8-11/h4-9,14,16H,1-3H3. The third kappa shape index (κ3) is 3.90. The van der Waals surface area contributed by atoms with Crippen LogP contribution in [0, 0.1) is 2.88 Å². The molecule has 1 atom stereocenters. The quantitative estimate of drug-likeness (QED) is 0.791. The Morgan fingerprint density at radius 1 is 1.26 bits per heavy atom. The molecule has 0 amide bonds. The van der Waals surface area contributed by atoms with Crippen molar-refractivity contribution in [2.75, 3.05) is 7.05 Å². The third-order valence-corrected chi connectivity index (χ3v) is 4.46. The molecule has 0 saturated carbocycles. The number of pyridine rings is 1. The van der Waals surface area contributed by atoms with E-state index in [4.69, 9.17) is 4.74 Å². The summed E-state index contributed by atoms with van der Waals surface area (Å²) in [7, 11) is 1.96. The molecule has 2 rings (SSSR count). The van der Waals surface area contributed by atoms with Crippen LogP contribution in [0.5, 0.6) is 5.75 Å². The summed E-state index contributed by atoms with van der Waals surface area (Å²) < 4.78 is 6.99. The van der Waals surface area contributed by atoms with E-state index in [9.17, 15) is 0 Å². The molecule has 5 heteroatoms. The second kappa shape index (κ2) is 6.67. The SMILES string of the molecule is CNC(c1cncc(OC(C)C)c1)c1csc(I)c1. The van der Waals surface area contributed by atoms with Crippen LogP contribution in [0.15, 0.2) is 29.9 Å². The van der Waals surface area contributed by atoms with Gasteiger partial charge in [0.05, 0.1) is 21.2 Å². The Labute approximate surface area is 131 Å². The lowest BCUT2D eigenvalue weighted by atomic mass is 10.0. The van der Waals surface area contributed by atoms with Crippen molar-refractivity contribution in [3.8, 4) is 5.75 Å². The molecule has 0 aliphatic rings. The fraction of sp³-hybridized carbons (Fsp3) is 0.357. The van der Waals surface area contributed by atoms with Crippen LogP contribution in [0.4, 0.5) is 0 Å². The molecule has 0 spiro atoms. The van der Waals surface area contributed by atoms with Gasteiger partial charge in [0.2, 0.25) is 0 Å². The Balaban J connectivity index is 2.28. The predicted octanol–water partition coefficient (Wildman–Crippen LogP) is 3.84. The number of nitrogens with one attached hydrogen (secondary N) is 1. The highest BCUT2D eigenvalue weighted by Crippen LogP contribution is 2.28. The fourth-order valence-corrected chi connectivity index (χ4v) is 3.33. The first-order valence-electron chi connectivity index (χ1n) is 6.13. The van der Waals surface area contributed by atoms with Crippen molar-refractivity contribution < 1.29 is 4.74 Å². The van der Waals surface area contributed by atoms with E-state index in [-0.39, 0.29) is 12.1 Å². The molecular weight excluding hydrogens is 371 g/mol. The number of hydrogen-bond acceptors (Lipinski definition) is 4. The molecule has 0 aromatic carbocycles. The second-order valence-electron chi connectivity index (χ2n) is 4.53. The van der Waals surface area contributed by atoms with E-state index in [1.165, 1.54) is 8.45 Å². The van der Waals surface area contributed by atoms with Gasteiger partial charge in [0.1, 0.15) is 5.75 Å². The summed E-state index contributed by atoms with van der Waals surface area (Å²) in [5.41, 5.74) is 2.38. The molecule has 3 nitrogen and oxygen atoms in total. The third-order valence-electron chi connectivity index (χ3n) is 2.65. The maximum Gasteiger partial charge on any atom is 0.138 e. The predicted molar refractivity (Wildman–Crippen MR) is 87.9 cm³/mol. The van der Waals surface area contributed by atoms with Crippen molar-refractivity contribution >= 4 is 33.9 Å². The largest absolute Gasteiger partial charge is 0.489 e. The summed E-state index contributed by atoms with van der Waals surface area (Å²) in [6.07, 6.45) is 3.80. The molecule has 2 aromatic heterocycles. The Hall–Kier alpha value is -0.660. The first-order valence-corrected chi connectivity index (χ1v) is 8.08. The fourth-order valence-electron chi connectivity index (χ4n) is 1.93. The molecule has 2 heterocycles. The molecule has 0 bridgehead atoms. The van der Waals surface area contributed by atoms with Gasteiger partial charge in [-0.05, 0) is 72.1 Å². The van der Waals surface area contributed by atoms with Crippen LogP contribution in [0.1, 0.15) is 31.0 Å². The molecule has 0 fully saturated rings. The van der Waals surface area contributed by atoms with Crippen molar-refractivity contribution in [2.24, 2.45) is 0 Å². The van der Waals surface area contributed by atoms with Gasteiger partial charge in [-0.2, -0.15) is 0 Å². The summed E-state index contributed by atoms with van der Waals surface area (Å²) >= 11 is 4.10. The number of nitrogens with zero attached hydrogens (tertiary/aromatic N) is 1.